The first-order valence-electron chi connectivity index (χ1n) is 9.20. The number of aromatic amines is 1. The molecule has 0 saturated carbocycles. The van der Waals surface area contributed by atoms with Gasteiger partial charge in [-0.05, 0) is 36.4 Å². The zero-order valence-corrected chi connectivity index (χ0v) is 15.7. The van der Waals surface area contributed by atoms with Gasteiger partial charge in [-0.25, -0.2) is 8.78 Å². The minimum atomic E-state index is -0.927. The number of piperidine rings is 1. The molecule has 1 aliphatic rings. The van der Waals surface area contributed by atoms with Gasteiger partial charge in [-0.3, -0.25) is 4.79 Å². The molecule has 3 aromatic rings. The molecular formula is C21H20F2N2O4. The number of fused-ring (bicyclic) bond motifs is 1. The molecule has 1 amide bonds. The van der Waals surface area contributed by atoms with Gasteiger partial charge in [0.2, 0.25) is 0 Å². The van der Waals surface area contributed by atoms with E-state index in [1.54, 1.807) is 12.1 Å². The average molecular weight is 402 g/mol. The number of halogens is 2. The van der Waals surface area contributed by atoms with E-state index in [1.807, 2.05) is 0 Å². The van der Waals surface area contributed by atoms with E-state index in [2.05, 4.69) is 4.98 Å². The Morgan fingerprint density at radius 3 is 2.66 bits per heavy atom. The number of nitrogens with one attached hydrogen (secondary N) is 1. The van der Waals surface area contributed by atoms with Gasteiger partial charge in [0.1, 0.15) is 29.5 Å². The zero-order chi connectivity index (χ0) is 20.5. The van der Waals surface area contributed by atoms with Crippen molar-refractivity contribution in [3.8, 4) is 11.5 Å². The number of rotatable bonds is 4. The number of hydrogen-bond acceptors (Lipinski definition) is 4. The number of benzene rings is 2. The quantitative estimate of drug-likeness (QED) is 0.703. The lowest BCUT2D eigenvalue weighted by molar-refractivity contribution is -0.0208. The Kier molecular flexibility index (Phi) is 5.10. The summed E-state index contributed by atoms with van der Waals surface area (Å²) < 4.78 is 37.6. The lowest BCUT2D eigenvalue weighted by atomic mass is 10.0. The van der Waals surface area contributed by atoms with Crippen LogP contribution < -0.4 is 9.47 Å². The molecule has 1 fully saturated rings. The van der Waals surface area contributed by atoms with Crippen molar-refractivity contribution in [1.29, 1.82) is 0 Å². The van der Waals surface area contributed by atoms with Gasteiger partial charge >= 0.3 is 0 Å². The Bertz CT molecular complexity index is 1050. The number of carbonyl (C=O) groups is 1. The van der Waals surface area contributed by atoms with Crippen LogP contribution in [0.4, 0.5) is 8.78 Å². The Hall–Kier alpha value is -3.13. The second-order valence-electron chi connectivity index (χ2n) is 6.97. The number of nitrogens with zero attached hydrogens (tertiary/aromatic N) is 1. The maximum absolute atomic E-state index is 13.4. The molecule has 8 heteroatoms. The molecule has 0 radical (unpaired) electrons. The Morgan fingerprint density at radius 1 is 1.14 bits per heavy atom. The van der Waals surface area contributed by atoms with Crippen molar-refractivity contribution in [2.45, 2.75) is 18.6 Å². The number of H-pyrrole nitrogens is 1. The highest BCUT2D eigenvalue weighted by Crippen LogP contribution is 2.30. The molecule has 0 aliphatic carbocycles. The average Bonchev–Trinajstić information content (AvgIpc) is 3.13. The molecule has 2 N–H and O–H groups in total. The first kappa shape index (κ1) is 19.2. The largest absolute Gasteiger partial charge is 0.493 e. The molecular weight excluding hydrogens is 382 g/mol. The molecule has 4 rings (SSSR count). The number of likely N-dealkylation sites (tertiary alicyclic amines) is 1. The van der Waals surface area contributed by atoms with Gasteiger partial charge < -0.3 is 24.5 Å². The van der Waals surface area contributed by atoms with Gasteiger partial charge in [0.05, 0.1) is 13.7 Å². The van der Waals surface area contributed by atoms with Crippen LogP contribution in [0.15, 0.2) is 42.5 Å². The number of β-amino-alcohol motifs (C(OH)–C–C–N with tert-alkyl or cyclic N) is 1. The van der Waals surface area contributed by atoms with Crippen LogP contribution in [-0.4, -0.2) is 53.3 Å². The zero-order valence-electron chi connectivity index (χ0n) is 15.7. The molecule has 1 aliphatic heterocycles. The number of amides is 1. The lowest BCUT2D eigenvalue weighted by Crippen LogP contribution is -2.51. The van der Waals surface area contributed by atoms with Crippen LogP contribution in [0.3, 0.4) is 0 Å². The molecule has 2 aromatic carbocycles. The minimum Gasteiger partial charge on any atom is -0.493 e. The third kappa shape index (κ3) is 3.88. The topological polar surface area (TPSA) is 74.8 Å². The van der Waals surface area contributed by atoms with E-state index in [0.717, 1.165) is 0 Å². The van der Waals surface area contributed by atoms with Crippen LogP contribution in [-0.2, 0) is 0 Å². The second kappa shape index (κ2) is 7.71. The smallest absolute Gasteiger partial charge is 0.270 e. The summed E-state index contributed by atoms with van der Waals surface area (Å²) >= 11 is 0. The predicted octanol–water partition coefficient (Wildman–Crippen LogP) is 3.11. The normalized spacial score (nSPS) is 19.4. The molecule has 152 valence electrons. The van der Waals surface area contributed by atoms with Crippen LogP contribution in [0, 0.1) is 11.6 Å². The molecule has 0 unspecified atom stereocenters. The fraction of sp³-hybridized carbons (Fsp3) is 0.286. The third-order valence-corrected chi connectivity index (χ3v) is 5.02. The molecule has 0 bridgehead atoms. The number of hydrogen-bond donors (Lipinski definition) is 2. The van der Waals surface area contributed by atoms with Gasteiger partial charge in [0.25, 0.3) is 5.91 Å². The number of aliphatic hydroxyl groups is 1. The summed E-state index contributed by atoms with van der Waals surface area (Å²) in [5.41, 5.74) is 0.995. The van der Waals surface area contributed by atoms with Crippen molar-refractivity contribution in [2.75, 3.05) is 20.2 Å². The van der Waals surface area contributed by atoms with Gasteiger partial charge in [-0.1, -0.05) is 0 Å². The molecule has 2 heterocycles. The van der Waals surface area contributed by atoms with Gasteiger partial charge in [-0.2, -0.15) is 0 Å². The van der Waals surface area contributed by atoms with E-state index in [1.165, 1.54) is 42.3 Å². The Labute approximate surface area is 165 Å². The van der Waals surface area contributed by atoms with Crippen molar-refractivity contribution in [3.63, 3.8) is 0 Å². The molecule has 0 spiro atoms. The molecule has 1 aromatic heterocycles. The standard InChI is InChI=1S/C21H20F2N2O4/c1-28-20-10-14(23)3-5-19(20)29-18-6-7-25(11-17(18)26)21(27)16-9-12-8-13(22)2-4-15(12)24-16/h2-5,8-10,17-18,24,26H,6-7,11H2,1H3/t17-,18-/m1/s1. The highest BCUT2D eigenvalue weighted by atomic mass is 19.1. The number of carbonyl (C=O) groups excluding carboxylic acids is 1. The minimum absolute atomic E-state index is 0.0801. The number of aromatic nitrogens is 1. The summed E-state index contributed by atoms with van der Waals surface area (Å²) in [6.07, 6.45) is -1.10. The summed E-state index contributed by atoms with van der Waals surface area (Å²) in [4.78, 5) is 17.3. The molecule has 2 atom stereocenters. The van der Waals surface area contributed by atoms with Crippen molar-refractivity contribution < 1.29 is 28.2 Å². The number of methoxy groups -OCH3 is 1. The van der Waals surface area contributed by atoms with Gasteiger partial charge in [0.15, 0.2) is 11.5 Å². The number of aliphatic hydroxyl groups excluding tert-OH is 1. The fourth-order valence-electron chi connectivity index (χ4n) is 3.52. The van der Waals surface area contributed by atoms with Gasteiger partial charge in [0, 0.05) is 29.9 Å². The van der Waals surface area contributed by atoms with Crippen LogP contribution in [0.5, 0.6) is 11.5 Å². The summed E-state index contributed by atoms with van der Waals surface area (Å²) in [6, 6.07) is 9.76. The maximum Gasteiger partial charge on any atom is 0.270 e. The van der Waals surface area contributed by atoms with E-state index in [-0.39, 0.29) is 24.0 Å². The maximum atomic E-state index is 13.4. The SMILES string of the molecule is COc1cc(F)ccc1O[C@@H]1CCN(C(=O)c2cc3cc(F)ccc3[nH]2)C[C@H]1O. The van der Waals surface area contributed by atoms with Crippen LogP contribution in [0.2, 0.25) is 0 Å². The first-order chi connectivity index (χ1) is 13.9. The van der Waals surface area contributed by atoms with E-state index in [4.69, 9.17) is 9.47 Å². The molecule has 6 nitrogen and oxygen atoms in total. The monoisotopic (exact) mass is 402 g/mol. The Balaban J connectivity index is 1.45. The summed E-state index contributed by atoms with van der Waals surface area (Å²) in [6.45, 7) is 0.449. The van der Waals surface area contributed by atoms with Crippen molar-refractivity contribution in [1.82, 2.24) is 9.88 Å². The molecule has 29 heavy (non-hydrogen) atoms. The highest BCUT2D eigenvalue weighted by Gasteiger charge is 2.33. The van der Waals surface area contributed by atoms with Crippen molar-refractivity contribution >= 4 is 16.8 Å². The van der Waals surface area contributed by atoms with Crippen LogP contribution >= 0.6 is 0 Å². The first-order valence-corrected chi connectivity index (χ1v) is 9.20. The second-order valence-corrected chi connectivity index (χ2v) is 6.97. The Morgan fingerprint density at radius 2 is 1.90 bits per heavy atom. The fourth-order valence-corrected chi connectivity index (χ4v) is 3.52. The van der Waals surface area contributed by atoms with Crippen molar-refractivity contribution in [2.24, 2.45) is 0 Å². The van der Waals surface area contributed by atoms with Crippen molar-refractivity contribution in [3.05, 3.63) is 59.8 Å². The third-order valence-electron chi connectivity index (χ3n) is 5.02. The van der Waals surface area contributed by atoms with E-state index in [0.29, 0.717) is 35.3 Å². The van der Waals surface area contributed by atoms with E-state index >= 15 is 0 Å². The van der Waals surface area contributed by atoms with Gasteiger partial charge in [-0.15, -0.1) is 0 Å². The van der Waals surface area contributed by atoms with E-state index in [9.17, 15) is 18.7 Å². The summed E-state index contributed by atoms with van der Waals surface area (Å²) in [5, 5.41) is 11.1. The number of ether oxygens (including phenoxy) is 2. The summed E-state index contributed by atoms with van der Waals surface area (Å²) in [7, 11) is 1.41. The van der Waals surface area contributed by atoms with Crippen LogP contribution in [0.25, 0.3) is 10.9 Å². The predicted molar refractivity (Wildman–Crippen MR) is 102 cm³/mol. The lowest BCUT2D eigenvalue weighted by Gasteiger charge is -2.35. The summed E-state index contributed by atoms with van der Waals surface area (Å²) in [5.74, 6) is -0.539. The van der Waals surface area contributed by atoms with E-state index < -0.39 is 18.0 Å². The van der Waals surface area contributed by atoms with Crippen LogP contribution in [0.1, 0.15) is 16.9 Å². The highest BCUT2D eigenvalue weighted by molar-refractivity contribution is 5.98. The molecule has 1 saturated heterocycles.